The number of hydrogen-bond donors (Lipinski definition) is 2. The van der Waals surface area contributed by atoms with Gasteiger partial charge in [0.1, 0.15) is 5.52 Å². The second-order valence-electron chi connectivity index (χ2n) is 7.76. The molecule has 2 aromatic rings. The van der Waals surface area contributed by atoms with Gasteiger partial charge in [-0.1, -0.05) is 13.3 Å². The summed E-state index contributed by atoms with van der Waals surface area (Å²) in [5.41, 5.74) is 6.86. The van der Waals surface area contributed by atoms with Crippen molar-refractivity contribution in [3.05, 3.63) is 10.5 Å². The second kappa shape index (κ2) is 8.73. The number of rotatable bonds is 8. The van der Waals surface area contributed by atoms with Crippen LogP contribution < -0.4 is 16.2 Å². The summed E-state index contributed by atoms with van der Waals surface area (Å²) >= 11 is 0. The summed E-state index contributed by atoms with van der Waals surface area (Å²) in [6, 6.07) is 0.809. The van der Waals surface area contributed by atoms with Gasteiger partial charge in [0.2, 0.25) is 0 Å². The van der Waals surface area contributed by atoms with Crippen LogP contribution in [0.1, 0.15) is 52.9 Å². The number of nitrogen functional groups attached to an aromatic ring is 1. The number of hydrogen-bond acceptors (Lipinski definition) is 6. The Labute approximate surface area is 160 Å². The van der Waals surface area contributed by atoms with Crippen molar-refractivity contribution < 1.29 is 4.74 Å². The van der Waals surface area contributed by atoms with Crippen molar-refractivity contribution in [1.82, 2.24) is 24.4 Å². The molecule has 0 aliphatic carbocycles. The van der Waals surface area contributed by atoms with Gasteiger partial charge in [0.15, 0.2) is 11.5 Å². The maximum Gasteiger partial charge on any atom is 0.327 e. The molecule has 1 aliphatic heterocycles. The SMILES string of the molecule is CCCCOc1nc(N)c2[nH]c(=O)n(CCC3CCCN(C(C)C)C3)c2n1. The van der Waals surface area contributed by atoms with Crippen LogP contribution in [-0.2, 0) is 6.54 Å². The fourth-order valence-corrected chi connectivity index (χ4v) is 3.72. The number of imidazole rings is 1. The quantitative estimate of drug-likeness (QED) is 0.686. The number of unbranched alkanes of at least 4 members (excludes halogenated alkanes) is 1. The molecule has 1 atom stereocenters. The fourth-order valence-electron chi connectivity index (χ4n) is 3.72. The van der Waals surface area contributed by atoms with E-state index in [1.165, 1.54) is 19.4 Å². The lowest BCUT2D eigenvalue weighted by atomic mass is 9.94. The summed E-state index contributed by atoms with van der Waals surface area (Å²) in [5.74, 6) is 0.850. The molecule has 0 saturated carbocycles. The Morgan fingerprint density at radius 3 is 2.93 bits per heavy atom. The van der Waals surface area contributed by atoms with Gasteiger partial charge in [-0.3, -0.25) is 4.57 Å². The minimum Gasteiger partial charge on any atom is -0.463 e. The van der Waals surface area contributed by atoms with E-state index in [1.807, 2.05) is 0 Å². The highest BCUT2D eigenvalue weighted by Gasteiger charge is 2.22. The molecule has 1 fully saturated rings. The third-order valence-corrected chi connectivity index (χ3v) is 5.40. The number of nitrogens with one attached hydrogen (secondary N) is 1. The monoisotopic (exact) mass is 376 g/mol. The van der Waals surface area contributed by atoms with Crippen molar-refractivity contribution in [2.75, 3.05) is 25.4 Å². The molecule has 0 spiro atoms. The van der Waals surface area contributed by atoms with Crippen molar-refractivity contribution in [3.8, 4) is 6.01 Å². The van der Waals surface area contributed by atoms with Crippen LogP contribution in [0, 0.1) is 5.92 Å². The molecule has 1 aliphatic rings. The van der Waals surface area contributed by atoms with Gasteiger partial charge in [-0.05, 0) is 52.0 Å². The van der Waals surface area contributed by atoms with E-state index in [0.29, 0.717) is 36.3 Å². The molecule has 27 heavy (non-hydrogen) atoms. The van der Waals surface area contributed by atoms with E-state index in [1.54, 1.807) is 4.57 Å². The number of aryl methyl sites for hydroxylation is 1. The van der Waals surface area contributed by atoms with Crippen LogP contribution in [0.15, 0.2) is 4.79 Å². The lowest BCUT2D eigenvalue weighted by molar-refractivity contribution is 0.133. The molecule has 150 valence electrons. The highest BCUT2D eigenvalue weighted by Crippen LogP contribution is 2.23. The Kier molecular flexibility index (Phi) is 6.36. The fraction of sp³-hybridized carbons (Fsp3) is 0.737. The zero-order valence-electron chi connectivity index (χ0n) is 16.7. The first-order valence-corrected chi connectivity index (χ1v) is 10.1. The van der Waals surface area contributed by atoms with Crippen LogP contribution in [0.5, 0.6) is 6.01 Å². The molecule has 8 nitrogen and oxygen atoms in total. The number of likely N-dealkylation sites (tertiary alicyclic amines) is 1. The standard InChI is InChI=1S/C19H32N6O2/c1-4-5-11-27-18-22-16(20)15-17(23-18)25(19(26)21-15)10-8-14-7-6-9-24(12-14)13(2)3/h13-14H,4-12H2,1-3H3,(H,21,26)(H2,20,22,23). The first-order chi connectivity index (χ1) is 13.0. The molecule has 0 amide bonds. The molecule has 0 radical (unpaired) electrons. The number of ether oxygens (including phenoxy) is 1. The molecular weight excluding hydrogens is 344 g/mol. The molecule has 2 aromatic heterocycles. The van der Waals surface area contributed by atoms with E-state index < -0.39 is 0 Å². The third-order valence-electron chi connectivity index (χ3n) is 5.40. The summed E-state index contributed by atoms with van der Waals surface area (Å²) in [5, 5.41) is 0. The molecule has 8 heteroatoms. The zero-order valence-corrected chi connectivity index (χ0v) is 16.7. The Balaban J connectivity index is 1.75. The Morgan fingerprint density at radius 1 is 1.37 bits per heavy atom. The number of aromatic nitrogens is 4. The summed E-state index contributed by atoms with van der Waals surface area (Å²) in [7, 11) is 0. The summed E-state index contributed by atoms with van der Waals surface area (Å²) in [6.07, 6.45) is 5.33. The largest absolute Gasteiger partial charge is 0.463 e. The minimum absolute atomic E-state index is 0.187. The number of piperidine rings is 1. The first-order valence-electron chi connectivity index (χ1n) is 10.1. The normalized spacial score (nSPS) is 18.4. The molecule has 3 N–H and O–H groups in total. The van der Waals surface area contributed by atoms with Crippen LogP contribution in [0.4, 0.5) is 5.82 Å². The van der Waals surface area contributed by atoms with Gasteiger partial charge in [-0.15, -0.1) is 0 Å². The second-order valence-corrected chi connectivity index (χ2v) is 7.76. The highest BCUT2D eigenvalue weighted by atomic mass is 16.5. The van der Waals surface area contributed by atoms with Crippen molar-refractivity contribution in [2.45, 2.75) is 65.5 Å². The van der Waals surface area contributed by atoms with E-state index >= 15 is 0 Å². The lowest BCUT2D eigenvalue weighted by Gasteiger charge is -2.35. The molecule has 1 saturated heterocycles. The Hall–Kier alpha value is -2.09. The van der Waals surface area contributed by atoms with Crippen molar-refractivity contribution in [2.24, 2.45) is 5.92 Å². The van der Waals surface area contributed by atoms with Crippen LogP contribution in [0.25, 0.3) is 11.2 Å². The number of nitrogens with zero attached hydrogens (tertiary/aromatic N) is 4. The molecular formula is C19H32N6O2. The summed E-state index contributed by atoms with van der Waals surface area (Å²) < 4.78 is 7.27. The average molecular weight is 377 g/mol. The van der Waals surface area contributed by atoms with Gasteiger partial charge in [0.25, 0.3) is 0 Å². The van der Waals surface area contributed by atoms with Crippen molar-refractivity contribution in [1.29, 1.82) is 0 Å². The van der Waals surface area contributed by atoms with Crippen LogP contribution in [-0.4, -0.2) is 50.2 Å². The minimum atomic E-state index is -0.187. The van der Waals surface area contributed by atoms with E-state index in [-0.39, 0.29) is 17.5 Å². The maximum absolute atomic E-state index is 12.4. The highest BCUT2D eigenvalue weighted by molar-refractivity contribution is 5.81. The van der Waals surface area contributed by atoms with Gasteiger partial charge >= 0.3 is 11.7 Å². The van der Waals surface area contributed by atoms with E-state index in [9.17, 15) is 4.79 Å². The topological polar surface area (TPSA) is 102 Å². The maximum atomic E-state index is 12.4. The van der Waals surface area contributed by atoms with Crippen molar-refractivity contribution >= 4 is 17.0 Å². The lowest BCUT2D eigenvalue weighted by Crippen LogP contribution is -2.40. The summed E-state index contributed by atoms with van der Waals surface area (Å²) in [6.45, 7) is 10.0. The predicted molar refractivity (Wildman–Crippen MR) is 107 cm³/mol. The van der Waals surface area contributed by atoms with Gasteiger partial charge < -0.3 is 20.4 Å². The number of aromatic amines is 1. The van der Waals surface area contributed by atoms with Gasteiger partial charge in [-0.25, -0.2) is 4.79 Å². The molecule has 0 bridgehead atoms. The predicted octanol–water partition coefficient (Wildman–Crippen LogP) is 2.39. The molecule has 3 heterocycles. The van der Waals surface area contributed by atoms with E-state index in [2.05, 4.69) is 40.6 Å². The Morgan fingerprint density at radius 2 is 2.19 bits per heavy atom. The smallest absolute Gasteiger partial charge is 0.327 e. The van der Waals surface area contributed by atoms with Crippen molar-refractivity contribution in [3.63, 3.8) is 0 Å². The molecule has 0 aromatic carbocycles. The van der Waals surface area contributed by atoms with Crippen LogP contribution in [0.2, 0.25) is 0 Å². The van der Waals surface area contributed by atoms with Gasteiger partial charge in [0, 0.05) is 19.1 Å². The summed E-state index contributed by atoms with van der Waals surface area (Å²) in [4.78, 5) is 26.4. The Bertz CT molecular complexity index is 812. The zero-order chi connectivity index (χ0) is 19.4. The van der Waals surface area contributed by atoms with E-state index in [0.717, 1.165) is 25.8 Å². The van der Waals surface area contributed by atoms with Crippen LogP contribution >= 0.6 is 0 Å². The molecule has 3 rings (SSSR count). The van der Waals surface area contributed by atoms with Gasteiger partial charge in [0.05, 0.1) is 6.61 Å². The number of nitrogens with two attached hydrogens (primary N) is 1. The van der Waals surface area contributed by atoms with E-state index in [4.69, 9.17) is 10.5 Å². The van der Waals surface area contributed by atoms with Crippen LogP contribution in [0.3, 0.4) is 0 Å². The molecule has 1 unspecified atom stereocenters. The number of anilines is 1. The van der Waals surface area contributed by atoms with Gasteiger partial charge in [-0.2, -0.15) is 9.97 Å². The first kappa shape index (κ1) is 19.7. The number of fused-ring (bicyclic) bond motifs is 1. The number of H-pyrrole nitrogens is 1. The average Bonchev–Trinajstić information content (AvgIpc) is 2.96. The third kappa shape index (κ3) is 4.61.